The van der Waals surface area contributed by atoms with E-state index in [1.165, 1.54) is 12.5 Å². The summed E-state index contributed by atoms with van der Waals surface area (Å²) in [5.41, 5.74) is 0.937. The highest BCUT2D eigenvalue weighted by molar-refractivity contribution is 5.95. The van der Waals surface area contributed by atoms with Crippen molar-refractivity contribution >= 4 is 17.3 Å². The van der Waals surface area contributed by atoms with Crippen LogP contribution in [-0.4, -0.2) is 35.4 Å². The third kappa shape index (κ3) is 4.04. The number of para-hydroxylation sites is 1. The van der Waals surface area contributed by atoms with Gasteiger partial charge in [-0.2, -0.15) is 0 Å². The Labute approximate surface area is 130 Å². The topological polar surface area (TPSA) is 75.5 Å². The largest absolute Gasteiger partial charge is 0.319 e. The van der Waals surface area contributed by atoms with Crippen molar-refractivity contribution in [3.63, 3.8) is 0 Å². The molecule has 6 nitrogen and oxygen atoms in total. The summed E-state index contributed by atoms with van der Waals surface area (Å²) in [6.45, 7) is 8.20. The number of aryl methyl sites for hydroxylation is 1. The monoisotopic (exact) mass is 305 g/mol. The van der Waals surface area contributed by atoms with Gasteiger partial charge in [0.25, 0.3) is 5.69 Å². The van der Waals surface area contributed by atoms with Gasteiger partial charge in [-0.3, -0.25) is 19.8 Å². The van der Waals surface area contributed by atoms with Gasteiger partial charge in [-0.05, 0) is 30.7 Å². The van der Waals surface area contributed by atoms with E-state index in [2.05, 4.69) is 24.1 Å². The number of hydrogen-bond donors (Lipinski definition) is 1. The van der Waals surface area contributed by atoms with E-state index in [0.29, 0.717) is 23.1 Å². The number of anilines is 1. The molecule has 1 aromatic rings. The molecule has 0 saturated carbocycles. The average Bonchev–Trinajstić information content (AvgIpc) is 2.39. The molecular weight excluding hydrogens is 282 g/mol. The Morgan fingerprint density at radius 2 is 2.00 bits per heavy atom. The van der Waals surface area contributed by atoms with Gasteiger partial charge in [0.1, 0.15) is 5.69 Å². The maximum atomic E-state index is 12.2. The van der Waals surface area contributed by atoms with E-state index >= 15 is 0 Å². The van der Waals surface area contributed by atoms with Crippen molar-refractivity contribution in [1.29, 1.82) is 0 Å². The highest BCUT2D eigenvalue weighted by Gasteiger charge is 2.24. The molecule has 1 heterocycles. The number of hydrogen-bond acceptors (Lipinski definition) is 4. The Kier molecular flexibility index (Phi) is 5.13. The predicted molar refractivity (Wildman–Crippen MR) is 85.8 cm³/mol. The summed E-state index contributed by atoms with van der Waals surface area (Å²) in [4.78, 5) is 25.0. The van der Waals surface area contributed by atoms with Gasteiger partial charge in [-0.25, -0.2) is 0 Å². The Hall–Kier alpha value is -1.95. The highest BCUT2D eigenvalue weighted by Crippen LogP contribution is 2.27. The van der Waals surface area contributed by atoms with Crippen molar-refractivity contribution in [2.75, 3.05) is 25.0 Å². The fourth-order valence-corrected chi connectivity index (χ4v) is 3.27. The number of nitrogens with one attached hydrogen (secondary N) is 1. The second-order valence-corrected chi connectivity index (χ2v) is 6.41. The van der Waals surface area contributed by atoms with Crippen molar-refractivity contribution in [3.8, 4) is 0 Å². The van der Waals surface area contributed by atoms with Crippen molar-refractivity contribution in [1.82, 2.24) is 4.90 Å². The van der Waals surface area contributed by atoms with Crippen LogP contribution in [0.3, 0.4) is 0 Å². The van der Waals surface area contributed by atoms with Gasteiger partial charge in [0, 0.05) is 19.2 Å². The molecule has 6 heteroatoms. The van der Waals surface area contributed by atoms with Crippen LogP contribution in [0.5, 0.6) is 0 Å². The predicted octanol–water partition coefficient (Wildman–Crippen LogP) is 2.82. The van der Waals surface area contributed by atoms with Crippen LogP contribution >= 0.6 is 0 Å². The van der Waals surface area contributed by atoms with Crippen LogP contribution in [0.15, 0.2) is 18.2 Å². The molecule has 22 heavy (non-hydrogen) atoms. The third-order valence-electron chi connectivity index (χ3n) is 4.02. The highest BCUT2D eigenvalue weighted by atomic mass is 16.6. The van der Waals surface area contributed by atoms with E-state index in [4.69, 9.17) is 0 Å². The van der Waals surface area contributed by atoms with Gasteiger partial charge in [-0.15, -0.1) is 0 Å². The van der Waals surface area contributed by atoms with Gasteiger partial charge in [0.15, 0.2) is 0 Å². The number of nitro benzene ring substituents is 1. The first kappa shape index (κ1) is 16.4. The van der Waals surface area contributed by atoms with E-state index in [1.54, 1.807) is 19.1 Å². The molecule has 1 saturated heterocycles. The first-order chi connectivity index (χ1) is 10.4. The van der Waals surface area contributed by atoms with E-state index in [9.17, 15) is 14.9 Å². The number of nitrogens with zero attached hydrogens (tertiary/aromatic N) is 2. The molecule has 120 valence electrons. The summed E-state index contributed by atoms with van der Waals surface area (Å²) in [5.74, 6) is 0.951. The second-order valence-electron chi connectivity index (χ2n) is 6.41. The molecule has 1 N–H and O–H groups in total. The number of carbonyl (C=O) groups excluding carboxylic acids is 1. The van der Waals surface area contributed by atoms with Crippen LogP contribution in [0.1, 0.15) is 25.8 Å². The smallest absolute Gasteiger partial charge is 0.293 e. The summed E-state index contributed by atoms with van der Waals surface area (Å²) in [7, 11) is 0. The molecule has 1 aliphatic heterocycles. The lowest BCUT2D eigenvalue weighted by atomic mass is 9.92. The molecule has 0 aromatic heterocycles. The Morgan fingerprint density at radius 3 is 2.59 bits per heavy atom. The summed E-state index contributed by atoms with van der Waals surface area (Å²) in [5, 5.41) is 13.8. The zero-order valence-electron chi connectivity index (χ0n) is 13.3. The van der Waals surface area contributed by atoms with Crippen molar-refractivity contribution in [2.24, 2.45) is 11.8 Å². The fraction of sp³-hybridized carbons (Fsp3) is 0.562. The zero-order chi connectivity index (χ0) is 16.3. The lowest BCUT2D eigenvalue weighted by Crippen LogP contribution is -2.42. The van der Waals surface area contributed by atoms with Crippen molar-refractivity contribution < 1.29 is 9.72 Å². The molecule has 0 spiro atoms. The summed E-state index contributed by atoms with van der Waals surface area (Å²) in [6.07, 6.45) is 1.18. The van der Waals surface area contributed by atoms with E-state index in [0.717, 1.165) is 13.1 Å². The molecule has 1 aliphatic rings. The maximum absolute atomic E-state index is 12.2. The lowest BCUT2D eigenvalue weighted by Gasteiger charge is -2.34. The minimum atomic E-state index is -0.465. The molecule has 1 amide bonds. The van der Waals surface area contributed by atoms with Crippen molar-refractivity contribution in [3.05, 3.63) is 33.9 Å². The minimum Gasteiger partial charge on any atom is -0.319 e. The van der Waals surface area contributed by atoms with E-state index in [-0.39, 0.29) is 18.1 Å². The second kappa shape index (κ2) is 6.87. The van der Waals surface area contributed by atoms with Gasteiger partial charge in [0.2, 0.25) is 5.91 Å². The number of carbonyl (C=O) groups is 1. The molecule has 0 radical (unpaired) electrons. The number of rotatable bonds is 4. The van der Waals surface area contributed by atoms with Gasteiger partial charge in [-0.1, -0.05) is 26.0 Å². The Balaban J connectivity index is 2.05. The first-order valence-corrected chi connectivity index (χ1v) is 7.63. The molecule has 0 bridgehead atoms. The van der Waals surface area contributed by atoms with Crippen LogP contribution < -0.4 is 5.32 Å². The van der Waals surface area contributed by atoms with Crippen LogP contribution in [0.25, 0.3) is 0 Å². The molecule has 0 unspecified atom stereocenters. The number of piperidine rings is 1. The van der Waals surface area contributed by atoms with E-state index < -0.39 is 4.92 Å². The maximum Gasteiger partial charge on any atom is 0.293 e. The Morgan fingerprint density at radius 1 is 1.36 bits per heavy atom. The average molecular weight is 305 g/mol. The molecule has 2 atom stereocenters. The lowest BCUT2D eigenvalue weighted by molar-refractivity contribution is -0.384. The molecule has 0 aliphatic carbocycles. The standard InChI is InChI=1S/C16H23N3O3/c1-11-7-12(2)9-18(8-11)10-15(20)17-16-13(3)5-4-6-14(16)19(21)22/h4-6,11-12H,7-10H2,1-3H3,(H,17,20)/t11-,12-/m0/s1. The molecule has 2 rings (SSSR count). The minimum absolute atomic E-state index is 0.0614. The van der Waals surface area contributed by atoms with Crippen LogP contribution in [0.4, 0.5) is 11.4 Å². The number of likely N-dealkylation sites (tertiary alicyclic amines) is 1. The van der Waals surface area contributed by atoms with Gasteiger partial charge in [0.05, 0.1) is 11.5 Å². The zero-order valence-corrected chi connectivity index (χ0v) is 13.3. The van der Waals surface area contributed by atoms with E-state index in [1.807, 2.05) is 0 Å². The van der Waals surface area contributed by atoms with Crippen molar-refractivity contribution in [2.45, 2.75) is 27.2 Å². The van der Waals surface area contributed by atoms with Crippen LogP contribution in [0.2, 0.25) is 0 Å². The molecule has 1 fully saturated rings. The van der Waals surface area contributed by atoms with Crippen LogP contribution in [-0.2, 0) is 4.79 Å². The number of benzene rings is 1. The van der Waals surface area contributed by atoms with Gasteiger partial charge >= 0.3 is 0 Å². The summed E-state index contributed by atoms with van der Waals surface area (Å²) in [6, 6.07) is 4.79. The van der Waals surface area contributed by atoms with Gasteiger partial charge < -0.3 is 5.32 Å². The SMILES string of the molecule is Cc1cccc([N+](=O)[O-])c1NC(=O)CN1C[C@@H](C)C[C@H](C)C1. The third-order valence-corrected chi connectivity index (χ3v) is 4.02. The first-order valence-electron chi connectivity index (χ1n) is 7.63. The normalized spacial score (nSPS) is 22.3. The quantitative estimate of drug-likeness (QED) is 0.685. The summed E-state index contributed by atoms with van der Waals surface area (Å²) < 4.78 is 0. The van der Waals surface area contributed by atoms with Crippen LogP contribution in [0, 0.1) is 28.9 Å². The Bertz CT molecular complexity index is 564. The molecular formula is C16H23N3O3. The summed E-state index contributed by atoms with van der Waals surface area (Å²) >= 11 is 0. The number of nitro groups is 1. The number of amides is 1. The fourth-order valence-electron chi connectivity index (χ4n) is 3.27. The molecule has 1 aromatic carbocycles.